The van der Waals surface area contributed by atoms with Gasteiger partial charge in [-0.1, -0.05) is 20.0 Å². The fraction of sp³-hybridized carbons (Fsp3) is 0.286. The number of halogens is 4. The maximum atomic E-state index is 12.1. The first-order valence-electron chi connectivity index (χ1n) is 3.28. The second-order valence-corrected chi connectivity index (χ2v) is 2.73. The monoisotopic (exact) mass is 249 g/mol. The number of rotatable bonds is 1. The molecule has 0 amide bonds. The molecule has 0 unspecified atom stereocenters. The summed E-state index contributed by atoms with van der Waals surface area (Å²) < 4.78 is 36.2. The van der Waals surface area contributed by atoms with Gasteiger partial charge in [-0.15, -0.1) is 0 Å². The number of aromatic nitrogens is 1. The zero-order valence-electron chi connectivity index (χ0n) is 7.27. The molecule has 0 aliphatic heterocycles. The Labute approximate surface area is 114 Å². The van der Waals surface area contributed by atoms with Crippen LogP contribution >= 0.6 is 11.6 Å². The van der Waals surface area contributed by atoms with Crippen LogP contribution in [-0.2, 0) is 12.8 Å². The van der Waals surface area contributed by atoms with Crippen LogP contribution in [0.25, 0.3) is 0 Å². The van der Waals surface area contributed by atoms with Crippen LogP contribution in [0.4, 0.5) is 13.2 Å². The molecular formula is C7H9BClF3NNaO. The Morgan fingerprint density at radius 2 is 1.87 bits per heavy atom. The molecule has 1 rings (SSSR count). The number of nitrogens with zero attached hydrogens (tertiary/aromatic N) is 1. The molecule has 1 aromatic rings. The van der Waals surface area contributed by atoms with Gasteiger partial charge in [0.2, 0.25) is 0 Å². The SMILES string of the molecule is OCc1cc(Cl)nc(C(F)(F)F)c1.[BH4-].[Na+]. The molecule has 80 valence electrons. The second-order valence-electron chi connectivity index (χ2n) is 2.34. The minimum absolute atomic E-state index is 0. The summed E-state index contributed by atoms with van der Waals surface area (Å²) >= 11 is 5.31. The van der Waals surface area contributed by atoms with Gasteiger partial charge in [-0.25, -0.2) is 4.98 Å². The van der Waals surface area contributed by atoms with E-state index in [2.05, 4.69) is 4.98 Å². The van der Waals surface area contributed by atoms with E-state index in [0.29, 0.717) is 0 Å². The van der Waals surface area contributed by atoms with Crippen LogP contribution in [-0.4, -0.2) is 18.5 Å². The molecule has 0 radical (unpaired) electrons. The average Bonchev–Trinajstić information content (AvgIpc) is 2.01. The van der Waals surface area contributed by atoms with E-state index in [-0.39, 0.29) is 48.7 Å². The van der Waals surface area contributed by atoms with Gasteiger partial charge in [0.05, 0.1) is 6.61 Å². The van der Waals surface area contributed by atoms with E-state index < -0.39 is 18.5 Å². The number of pyridine rings is 1. The first-order chi connectivity index (χ1) is 5.93. The van der Waals surface area contributed by atoms with E-state index in [4.69, 9.17) is 16.7 Å². The van der Waals surface area contributed by atoms with Crippen LogP contribution in [0.15, 0.2) is 12.1 Å². The van der Waals surface area contributed by atoms with Gasteiger partial charge in [-0.05, 0) is 17.7 Å². The predicted octanol–water partition coefficient (Wildman–Crippen LogP) is -2.20. The van der Waals surface area contributed by atoms with Crippen molar-refractivity contribution in [3.8, 4) is 0 Å². The number of aliphatic hydroxyl groups excluding tert-OH is 1. The van der Waals surface area contributed by atoms with Crippen LogP contribution in [0.5, 0.6) is 0 Å². The van der Waals surface area contributed by atoms with Crippen LogP contribution in [0.3, 0.4) is 0 Å². The zero-order chi connectivity index (χ0) is 10.1. The molecule has 0 aromatic carbocycles. The Kier molecular flexibility index (Phi) is 7.95. The quantitative estimate of drug-likeness (QED) is 0.453. The topological polar surface area (TPSA) is 33.1 Å². The molecule has 0 spiro atoms. The van der Waals surface area contributed by atoms with Crippen molar-refractivity contribution in [2.24, 2.45) is 0 Å². The van der Waals surface area contributed by atoms with E-state index in [1.807, 2.05) is 0 Å². The van der Waals surface area contributed by atoms with Crippen molar-refractivity contribution in [3.63, 3.8) is 0 Å². The van der Waals surface area contributed by atoms with E-state index >= 15 is 0 Å². The molecule has 0 bridgehead atoms. The van der Waals surface area contributed by atoms with E-state index in [1.165, 1.54) is 6.07 Å². The molecule has 0 aliphatic rings. The summed E-state index contributed by atoms with van der Waals surface area (Å²) in [6, 6.07) is 1.93. The van der Waals surface area contributed by atoms with Gasteiger partial charge in [-0.3, -0.25) is 0 Å². The van der Waals surface area contributed by atoms with Crippen molar-refractivity contribution in [2.45, 2.75) is 12.8 Å². The van der Waals surface area contributed by atoms with Gasteiger partial charge >= 0.3 is 35.7 Å². The molecule has 0 aliphatic carbocycles. The molecular weight excluding hydrogens is 240 g/mol. The molecule has 1 aromatic heterocycles. The summed E-state index contributed by atoms with van der Waals surface area (Å²) in [5.74, 6) is 0. The average molecular weight is 249 g/mol. The minimum Gasteiger partial charge on any atom is -0.392 e. The van der Waals surface area contributed by atoms with Crippen LogP contribution in [0.1, 0.15) is 11.3 Å². The Morgan fingerprint density at radius 1 is 1.33 bits per heavy atom. The van der Waals surface area contributed by atoms with Crippen LogP contribution in [0, 0.1) is 0 Å². The van der Waals surface area contributed by atoms with Crippen molar-refractivity contribution in [1.29, 1.82) is 0 Å². The van der Waals surface area contributed by atoms with Gasteiger partial charge in [-0.2, -0.15) is 13.2 Å². The summed E-state index contributed by atoms with van der Waals surface area (Å²) in [6.45, 7) is -0.495. The Balaban J connectivity index is 0. The maximum Gasteiger partial charge on any atom is 1.00 e. The molecule has 8 heteroatoms. The molecule has 0 fully saturated rings. The number of alkyl halides is 3. The van der Waals surface area contributed by atoms with Crippen LogP contribution in [0.2, 0.25) is 5.15 Å². The summed E-state index contributed by atoms with van der Waals surface area (Å²) in [5, 5.41) is 8.32. The Bertz CT molecular complexity index is 324. The number of aliphatic hydroxyl groups is 1. The van der Waals surface area contributed by atoms with Gasteiger partial charge in [0.1, 0.15) is 10.8 Å². The van der Waals surface area contributed by atoms with Gasteiger partial charge in [0.15, 0.2) is 0 Å². The molecule has 1 N–H and O–H groups in total. The Hall–Kier alpha value is 0.255. The predicted molar refractivity (Wildman–Crippen MR) is 51.5 cm³/mol. The van der Waals surface area contributed by atoms with Crippen molar-refractivity contribution < 1.29 is 47.8 Å². The zero-order valence-corrected chi connectivity index (χ0v) is 10.0. The third kappa shape index (κ3) is 5.22. The molecule has 15 heavy (non-hydrogen) atoms. The molecule has 2 nitrogen and oxygen atoms in total. The molecule has 1 heterocycles. The smallest absolute Gasteiger partial charge is 0.392 e. The fourth-order valence-electron chi connectivity index (χ4n) is 0.786. The van der Waals surface area contributed by atoms with Crippen molar-refractivity contribution in [3.05, 3.63) is 28.5 Å². The number of hydrogen-bond acceptors (Lipinski definition) is 2. The van der Waals surface area contributed by atoms with Gasteiger partial charge < -0.3 is 5.11 Å². The van der Waals surface area contributed by atoms with Crippen molar-refractivity contribution in [2.75, 3.05) is 0 Å². The number of hydrogen-bond donors (Lipinski definition) is 1. The van der Waals surface area contributed by atoms with Crippen molar-refractivity contribution >= 4 is 20.0 Å². The first-order valence-corrected chi connectivity index (χ1v) is 3.66. The van der Waals surface area contributed by atoms with E-state index in [0.717, 1.165) is 6.07 Å². The van der Waals surface area contributed by atoms with Gasteiger partial charge in [0, 0.05) is 0 Å². The maximum absolute atomic E-state index is 12.1. The first kappa shape index (κ1) is 17.6. The summed E-state index contributed by atoms with van der Waals surface area (Å²) in [6.07, 6.45) is -4.53. The third-order valence-electron chi connectivity index (χ3n) is 1.33. The van der Waals surface area contributed by atoms with E-state index in [9.17, 15) is 13.2 Å². The van der Waals surface area contributed by atoms with Crippen molar-refractivity contribution in [1.82, 2.24) is 4.98 Å². The van der Waals surface area contributed by atoms with Gasteiger partial charge in [0.25, 0.3) is 0 Å². The Morgan fingerprint density at radius 3 is 2.27 bits per heavy atom. The normalized spacial score (nSPS) is 10.2. The standard InChI is InChI=1S/C7H5ClF3NO.BH4.Na/c8-6-2-4(3-13)1-5(12-6)7(9,10)11;;/h1-2,13H,3H2;1H4;/q;-1;+1. The van der Waals surface area contributed by atoms with Crippen LogP contribution < -0.4 is 29.6 Å². The molecule has 0 atom stereocenters. The minimum atomic E-state index is -4.53. The largest absolute Gasteiger partial charge is 1.00 e. The summed E-state index contributed by atoms with van der Waals surface area (Å²) in [7, 11) is 0. The fourth-order valence-corrected chi connectivity index (χ4v) is 1.02. The summed E-state index contributed by atoms with van der Waals surface area (Å²) in [5.41, 5.74) is -1.00. The van der Waals surface area contributed by atoms with E-state index in [1.54, 1.807) is 0 Å². The summed E-state index contributed by atoms with van der Waals surface area (Å²) in [4.78, 5) is 3.08. The third-order valence-corrected chi connectivity index (χ3v) is 1.52. The molecule has 0 saturated carbocycles. The molecule has 0 saturated heterocycles. The second kappa shape index (κ2) is 6.76.